The Balaban J connectivity index is 1.43. The van der Waals surface area contributed by atoms with Gasteiger partial charge in [-0.15, -0.1) is 6.58 Å². The Morgan fingerprint density at radius 1 is 1.06 bits per heavy atom. The molecule has 2 aromatic rings. The fraction of sp³-hybridized carbons (Fsp3) is 0.346. The number of hydrogen-bond acceptors (Lipinski definition) is 5. The third kappa shape index (κ3) is 5.22. The average molecular weight is 464 g/mol. The highest BCUT2D eigenvalue weighted by atomic mass is 16.7. The zero-order valence-corrected chi connectivity index (χ0v) is 19.2. The van der Waals surface area contributed by atoms with Crippen molar-refractivity contribution in [2.45, 2.75) is 25.8 Å². The molecule has 1 fully saturated rings. The molecule has 2 heterocycles. The quantitative estimate of drug-likeness (QED) is 0.616. The van der Waals surface area contributed by atoms with Gasteiger partial charge in [-0.05, 0) is 56.0 Å². The Labute approximate surface area is 198 Å². The molecule has 1 saturated heterocycles. The van der Waals surface area contributed by atoms with Gasteiger partial charge in [0.05, 0.1) is 0 Å². The molecule has 8 heteroatoms. The zero-order valence-electron chi connectivity index (χ0n) is 19.2. The minimum Gasteiger partial charge on any atom is -0.454 e. The number of carbonyl (C=O) groups excluding carboxylic acids is 3. The number of ether oxygens (including phenoxy) is 2. The van der Waals surface area contributed by atoms with Crippen molar-refractivity contribution in [1.82, 2.24) is 15.5 Å². The highest BCUT2D eigenvalue weighted by molar-refractivity contribution is 5.98. The van der Waals surface area contributed by atoms with E-state index in [0.717, 1.165) is 5.56 Å². The van der Waals surface area contributed by atoms with Crippen LogP contribution in [-0.2, 0) is 4.79 Å². The van der Waals surface area contributed by atoms with E-state index >= 15 is 0 Å². The molecular formula is C26H29N3O5. The van der Waals surface area contributed by atoms with Crippen molar-refractivity contribution in [1.29, 1.82) is 0 Å². The summed E-state index contributed by atoms with van der Waals surface area (Å²) in [5.41, 5.74) is 2.14. The van der Waals surface area contributed by atoms with Gasteiger partial charge in [-0.25, -0.2) is 0 Å². The molecule has 0 aliphatic carbocycles. The van der Waals surface area contributed by atoms with Gasteiger partial charge in [0.15, 0.2) is 11.5 Å². The van der Waals surface area contributed by atoms with E-state index in [1.807, 2.05) is 31.2 Å². The van der Waals surface area contributed by atoms with E-state index in [0.29, 0.717) is 55.1 Å². The molecule has 0 bridgehead atoms. The number of nitrogens with one attached hydrogen (secondary N) is 2. The van der Waals surface area contributed by atoms with Crippen LogP contribution < -0.4 is 20.1 Å². The number of carbonyl (C=O) groups is 3. The Bertz CT molecular complexity index is 1070. The first kappa shape index (κ1) is 23.4. The molecule has 0 spiro atoms. The van der Waals surface area contributed by atoms with Gasteiger partial charge in [-0.1, -0.05) is 23.8 Å². The third-order valence-electron chi connectivity index (χ3n) is 6.22. The van der Waals surface area contributed by atoms with Gasteiger partial charge in [0.1, 0.15) is 6.04 Å². The van der Waals surface area contributed by atoms with Crippen molar-refractivity contribution in [3.63, 3.8) is 0 Å². The lowest BCUT2D eigenvalue weighted by molar-refractivity contribution is -0.124. The molecule has 8 nitrogen and oxygen atoms in total. The number of aryl methyl sites for hydroxylation is 1. The lowest BCUT2D eigenvalue weighted by atomic mass is 9.88. The number of benzene rings is 2. The number of fused-ring (bicyclic) bond motifs is 1. The van der Waals surface area contributed by atoms with Gasteiger partial charge in [-0.3, -0.25) is 14.4 Å². The first-order chi connectivity index (χ1) is 16.5. The predicted octanol–water partition coefficient (Wildman–Crippen LogP) is 2.68. The van der Waals surface area contributed by atoms with E-state index in [9.17, 15) is 14.4 Å². The Hall–Kier alpha value is -3.81. The van der Waals surface area contributed by atoms with Crippen LogP contribution in [0.25, 0.3) is 0 Å². The number of likely N-dealkylation sites (tertiary alicyclic amines) is 1. The molecule has 0 aromatic heterocycles. The van der Waals surface area contributed by atoms with E-state index in [2.05, 4.69) is 17.2 Å². The summed E-state index contributed by atoms with van der Waals surface area (Å²) < 4.78 is 10.7. The van der Waals surface area contributed by atoms with Crippen molar-refractivity contribution < 1.29 is 23.9 Å². The third-order valence-corrected chi connectivity index (χ3v) is 6.22. The molecule has 0 radical (unpaired) electrons. The highest BCUT2D eigenvalue weighted by Crippen LogP contribution is 2.32. The van der Waals surface area contributed by atoms with Gasteiger partial charge in [0, 0.05) is 30.8 Å². The molecular weight excluding hydrogens is 434 g/mol. The first-order valence-corrected chi connectivity index (χ1v) is 11.4. The molecule has 2 aromatic carbocycles. The van der Waals surface area contributed by atoms with Gasteiger partial charge in [-0.2, -0.15) is 0 Å². The maximum absolute atomic E-state index is 13.0. The Morgan fingerprint density at radius 3 is 2.44 bits per heavy atom. The van der Waals surface area contributed by atoms with Crippen molar-refractivity contribution in [2.75, 3.05) is 26.4 Å². The van der Waals surface area contributed by atoms with Crippen LogP contribution in [0.3, 0.4) is 0 Å². The van der Waals surface area contributed by atoms with Crippen molar-refractivity contribution >= 4 is 17.7 Å². The fourth-order valence-electron chi connectivity index (χ4n) is 4.26. The standard InChI is InChI=1S/C26H29N3O5/c1-3-12-27-25(31)23(28-24(30)20-8-9-21-22(15-20)34-16-33-21)18-10-13-29(14-11-18)26(32)19-6-4-17(2)5-7-19/h3-9,15,18,23H,1,10-14,16H2,2H3,(H,27,31)(H,28,30). The monoisotopic (exact) mass is 463 g/mol. The molecule has 0 saturated carbocycles. The van der Waals surface area contributed by atoms with Gasteiger partial charge in [0.2, 0.25) is 12.7 Å². The highest BCUT2D eigenvalue weighted by Gasteiger charge is 2.34. The smallest absolute Gasteiger partial charge is 0.253 e. The van der Waals surface area contributed by atoms with E-state index in [4.69, 9.17) is 9.47 Å². The predicted molar refractivity (Wildman–Crippen MR) is 127 cm³/mol. The molecule has 3 amide bonds. The lowest BCUT2D eigenvalue weighted by Crippen LogP contribution is -2.53. The Morgan fingerprint density at radius 2 is 1.74 bits per heavy atom. The second-order valence-electron chi connectivity index (χ2n) is 8.55. The SMILES string of the molecule is C=CCNC(=O)C(NC(=O)c1ccc2c(c1)OCO2)C1CCN(C(=O)c2ccc(C)cc2)CC1. The zero-order chi connectivity index (χ0) is 24.1. The summed E-state index contributed by atoms with van der Waals surface area (Å²) in [7, 11) is 0. The summed E-state index contributed by atoms with van der Waals surface area (Å²) >= 11 is 0. The molecule has 178 valence electrons. The summed E-state index contributed by atoms with van der Waals surface area (Å²) in [6.07, 6.45) is 2.80. The van der Waals surface area contributed by atoms with Gasteiger partial charge >= 0.3 is 0 Å². The summed E-state index contributed by atoms with van der Waals surface area (Å²) in [6, 6.07) is 11.7. The van der Waals surface area contributed by atoms with Gasteiger partial charge in [0.25, 0.3) is 11.8 Å². The average Bonchev–Trinajstić information content (AvgIpc) is 3.34. The van der Waals surface area contributed by atoms with Crippen LogP contribution in [0, 0.1) is 12.8 Å². The van der Waals surface area contributed by atoms with E-state index in [1.165, 1.54) is 0 Å². The molecule has 2 aliphatic rings. The van der Waals surface area contributed by atoms with Crippen LogP contribution in [0.2, 0.25) is 0 Å². The molecule has 2 aliphatic heterocycles. The van der Waals surface area contributed by atoms with Crippen molar-refractivity contribution in [3.8, 4) is 11.5 Å². The van der Waals surface area contributed by atoms with Gasteiger partial charge < -0.3 is 25.0 Å². The van der Waals surface area contributed by atoms with E-state index < -0.39 is 6.04 Å². The normalized spacial score (nSPS) is 16.0. The van der Waals surface area contributed by atoms with Crippen LogP contribution in [-0.4, -0.2) is 55.1 Å². The Kier molecular flexibility index (Phi) is 7.15. The number of piperidine rings is 1. The maximum Gasteiger partial charge on any atom is 0.253 e. The summed E-state index contributed by atoms with van der Waals surface area (Å²) in [5, 5.41) is 5.70. The maximum atomic E-state index is 13.0. The first-order valence-electron chi connectivity index (χ1n) is 11.4. The van der Waals surface area contributed by atoms with Crippen LogP contribution >= 0.6 is 0 Å². The summed E-state index contributed by atoms with van der Waals surface area (Å²) in [5.74, 6) is 0.332. The molecule has 1 unspecified atom stereocenters. The molecule has 34 heavy (non-hydrogen) atoms. The number of rotatable bonds is 7. The van der Waals surface area contributed by atoms with Crippen LogP contribution in [0.1, 0.15) is 39.1 Å². The topological polar surface area (TPSA) is 97.0 Å². The minimum atomic E-state index is -0.727. The fourth-order valence-corrected chi connectivity index (χ4v) is 4.26. The van der Waals surface area contributed by atoms with Crippen molar-refractivity contribution in [3.05, 3.63) is 71.8 Å². The molecule has 1 atom stereocenters. The molecule has 2 N–H and O–H groups in total. The van der Waals surface area contributed by atoms with Crippen LogP contribution in [0.4, 0.5) is 0 Å². The minimum absolute atomic E-state index is 0.0181. The number of nitrogens with zero attached hydrogens (tertiary/aromatic N) is 1. The molecule has 4 rings (SSSR count). The van der Waals surface area contributed by atoms with E-state index in [1.54, 1.807) is 29.2 Å². The second kappa shape index (κ2) is 10.4. The lowest BCUT2D eigenvalue weighted by Gasteiger charge is -2.36. The van der Waals surface area contributed by atoms with Crippen molar-refractivity contribution in [2.24, 2.45) is 5.92 Å². The second-order valence-corrected chi connectivity index (χ2v) is 8.55. The summed E-state index contributed by atoms with van der Waals surface area (Å²) in [6.45, 7) is 7.08. The van der Waals surface area contributed by atoms with Crippen LogP contribution in [0.5, 0.6) is 11.5 Å². The largest absolute Gasteiger partial charge is 0.454 e. The van der Waals surface area contributed by atoms with Crippen LogP contribution in [0.15, 0.2) is 55.1 Å². The van der Waals surface area contributed by atoms with E-state index in [-0.39, 0.29) is 30.4 Å². The number of amides is 3. The number of hydrogen-bond donors (Lipinski definition) is 2. The summed E-state index contributed by atoms with van der Waals surface area (Å²) in [4.78, 5) is 40.6.